The van der Waals surface area contributed by atoms with Gasteiger partial charge in [-0.05, 0) is 62.7 Å². The van der Waals surface area contributed by atoms with E-state index in [0.717, 1.165) is 0 Å². The molecule has 0 aromatic heterocycles. The highest BCUT2D eigenvalue weighted by molar-refractivity contribution is 6.16. The van der Waals surface area contributed by atoms with E-state index in [2.05, 4.69) is 0 Å². The number of benzene rings is 2. The van der Waals surface area contributed by atoms with E-state index < -0.39 is 29.5 Å². The van der Waals surface area contributed by atoms with Gasteiger partial charge in [-0.15, -0.1) is 0 Å². The zero-order chi connectivity index (χ0) is 22.7. The third-order valence-corrected chi connectivity index (χ3v) is 4.84. The SMILES string of the molecule is CCOC(=O)c1ccc(N2C(=O)C(O)=C(C(C)=O)[C@H]2c2ccc(O)c(OCC)c2)cc1. The molecule has 1 aliphatic heterocycles. The highest BCUT2D eigenvalue weighted by Gasteiger charge is 2.43. The topological polar surface area (TPSA) is 113 Å². The number of phenolic OH excluding ortho intramolecular Hbond substituents is 1. The minimum Gasteiger partial charge on any atom is -0.504 e. The van der Waals surface area contributed by atoms with Gasteiger partial charge in [0.25, 0.3) is 5.91 Å². The van der Waals surface area contributed by atoms with Crippen molar-refractivity contribution >= 4 is 23.3 Å². The zero-order valence-electron chi connectivity index (χ0n) is 17.4. The third kappa shape index (κ3) is 4.09. The first-order valence-electron chi connectivity index (χ1n) is 9.80. The van der Waals surface area contributed by atoms with E-state index in [4.69, 9.17) is 9.47 Å². The van der Waals surface area contributed by atoms with Gasteiger partial charge in [0.1, 0.15) is 0 Å². The van der Waals surface area contributed by atoms with Crippen LogP contribution in [0.25, 0.3) is 0 Å². The van der Waals surface area contributed by atoms with Gasteiger partial charge in [-0.1, -0.05) is 6.07 Å². The summed E-state index contributed by atoms with van der Waals surface area (Å²) in [6.45, 7) is 5.26. The number of ether oxygens (including phenoxy) is 2. The molecule has 31 heavy (non-hydrogen) atoms. The average Bonchev–Trinajstić information content (AvgIpc) is 3.01. The van der Waals surface area contributed by atoms with Crippen LogP contribution in [0, 0.1) is 0 Å². The number of carbonyl (C=O) groups excluding carboxylic acids is 3. The second kappa shape index (κ2) is 8.91. The van der Waals surface area contributed by atoms with Crippen LogP contribution in [0.15, 0.2) is 53.8 Å². The maximum atomic E-state index is 12.9. The van der Waals surface area contributed by atoms with Crippen LogP contribution < -0.4 is 9.64 Å². The van der Waals surface area contributed by atoms with E-state index in [0.29, 0.717) is 23.4 Å². The van der Waals surface area contributed by atoms with Crippen LogP contribution in [0.4, 0.5) is 5.69 Å². The molecular formula is C23H23NO7. The number of ketones is 1. The molecule has 162 valence electrons. The smallest absolute Gasteiger partial charge is 0.338 e. The Morgan fingerprint density at radius 3 is 2.29 bits per heavy atom. The first kappa shape index (κ1) is 21.9. The summed E-state index contributed by atoms with van der Waals surface area (Å²) in [4.78, 5) is 38.4. The fourth-order valence-corrected chi connectivity index (χ4v) is 3.49. The lowest BCUT2D eigenvalue weighted by atomic mass is 9.96. The molecule has 0 saturated heterocycles. The Morgan fingerprint density at radius 2 is 1.71 bits per heavy atom. The van der Waals surface area contributed by atoms with Gasteiger partial charge in [-0.3, -0.25) is 14.5 Å². The van der Waals surface area contributed by atoms with Crippen molar-refractivity contribution < 1.29 is 34.1 Å². The molecule has 1 amide bonds. The summed E-state index contributed by atoms with van der Waals surface area (Å²) in [6.07, 6.45) is 0. The van der Waals surface area contributed by atoms with E-state index in [1.165, 1.54) is 48.2 Å². The molecule has 0 saturated carbocycles. The van der Waals surface area contributed by atoms with Crippen LogP contribution in [0.2, 0.25) is 0 Å². The zero-order valence-corrected chi connectivity index (χ0v) is 17.4. The number of Topliss-reactive ketones (excluding diaryl/α,β-unsaturated/α-hetero) is 1. The lowest BCUT2D eigenvalue weighted by Crippen LogP contribution is -2.30. The summed E-state index contributed by atoms with van der Waals surface area (Å²) in [5.74, 6) is -2.24. The molecule has 3 rings (SSSR count). The molecule has 2 aromatic rings. The van der Waals surface area contributed by atoms with Crippen LogP contribution in [0.1, 0.15) is 42.7 Å². The maximum absolute atomic E-state index is 12.9. The first-order valence-corrected chi connectivity index (χ1v) is 9.80. The molecule has 1 heterocycles. The number of amides is 1. The van der Waals surface area contributed by atoms with Gasteiger partial charge >= 0.3 is 5.97 Å². The fourth-order valence-electron chi connectivity index (χ4n) is 3.49. The van der Waals surface area contributed by atoms with Crippen molar-refractivity contribution in [2.24, 2.45) is 0 Å². The number of aliphatic hydroxyl groups is 1. The predicted octanol–water partition coefficient (Wildman–Crippen LogP) is 3.46. The van der Waals surface area contributed by atoms with Crippen LogP contribution in [0.5, 0.6) is 11.5 Å². The summed E-state index contributed by atoms with van der Waals surface area (Å²) in [7, 11) is 0. The first-order chi connectivity index (χ1) is 14.8. The maximum Gasteiger partial charge on any atom is 0.338 e. The van der Waals surface area contributed by atoms with Crippen LogP contribution in [-0.2, 0) is 14.3 Å². The molecule has 2 N–H and O–H groups in total. The number of carbonyl (C=O) groups is 3. The Balaban J connectivity index is 2.09. The van der Waals surface area contributed by atoms with Gasteiger partial charge in [-0.2, -0.15) is 0 Å². The summed E-state index contributed by atoms with van der Waals surface area (Å²) in [6, 6.07) is 9.63. The lowest BCUT2D eigenvalue weighted by Gasteiger charge is -2.27. The molecule has 8 nitrogen and oxygen atoms in total. The molecule has 1 aliphatic rings. The van der Waals surface area contributed by atoms with Gasteiger partial charge in [0.05, 0.1) is 30.4 Å². The minimum absolute atomic E-state index is 0.0624. The lowest BCUT2D eigenvalue weighted by molar-refractivity contribution is -0.117. The van der Waals surface area contributed by atoms with Crippen molar-refractivity contribution in [2.45, 2.75) is 26.8 Å². The Labute approximate surface area is 179 Å². The van der Waals surface area contributed by atoms with Crippen LogP contribution in [-0.4, -0.2) is 41.1 Å². The summed E-state index contributed by atoms with van der Waals surface area (Å²) in [5, 5.41) is 20.5. The van der Waals surface area contributed by atoms with Crippen molar-refractivity contribution in [3.63, 3.8) is 0 Å². The van der Waals surface area contributed by atoms with Crippen molar-refractivity contribution in [1.82, 2.24) is 0 Å². The van der Waals surface area contributed by atoms with E-state index in [1.54, 1.807) is 19.9 Å². The van der Waals surface area contributed by atoms with Crippen LogP contribution >= 0.6 is 0 Å². The number of anilines is 1. The van der Waals surface area contributed by atoms with Crippen molar-refractivity contribution in [2.75, 3.05) is 18.1 Å². The number of rotatable bonds is 7. The fraction of sp³-hybridized carbons (Fsp3) is 0.261. The predicted molar refractivity (Wildman–Crippen MR) is 112 cm³/mol. The molecule has 0 bridgehead atoms. The third-order valence-electron chi connectivity index (χ3n) is 4.84. The highest BCUT2D eigenvalue weighted by Crippen LogP contribution is 2.43. The number of hydrogen-bond donors (Lipinski definition) is 2. The van der Waals surface area contributed by atoms with E-state index in [-0.39, 0.29) is 23.7 Å². The molecule has 0 unspecified atom stereocenters. The van der Waals surface area contributed by atoms with Gasteiger partial charge < -0.3 is 19.7 Å². The Kier molecular flexibility index (Phi) is 6.29. The van der Waals surface area contributed by atoms with Crippen molar-refractivity contribution in [1.29, 1.82) is 0 Å². The minimum atomic E-state index is -0.932. The monoisotopic (exact) mass is 425 g/mol. The Hall–Kier alpha value is -3.81. The molecule has 1 atom stereocenters. The number of hydrogen-bond acceptors (Lipinski definition) is 7. The Bertz CT molecular complexity index is 1060. The second-order valence-corrected chi connectivity index (χ2v) is 6.82. The summed E-state index contributed by atoms with van der Waals surface area (Å²) >= 11 is 0. The summed E-state index contributed by atoms with van der Waals surface area (Å²) < 4.78 is 10.4. The number of aliphatic hydroxyl groups excluding tert-OH is 1. The molecule has 0 radical (unpaired) electrons. The van der Waals surface area contributed by atoms with E-state index in [9.17, 15) is 24.6 Å². The van der Waals surface area contributed by atoms with Gasteiger partial charge in [0, 0.05) is 5.69 Å². The average molecular weight is 425 g/mol. The number of phenols is 1. The molecule has 0 spiro atoms. The van der Waals surface area contributed by atoms with E-state index >= 15 is 0 Å². The molecule has 0 aliphatic carbocycles. The highest BCUT2D eigenvalue weighted by atomic mass is 16.5. The second-order valence-electron chi connectivity index (χ2n) is 6.82. The summed E-state index contributed by atoms with van der Waals surface area (Å²) in [5.41, 5.74) is 1.09. The van der Waals surface area contributed by atoms with E-state index in [1.807, 2.05) is 0 Å². The molecular weight excluding hydrogens is 402 g/mol. The number of esters is 1. The molecule has 2 aromatic carbocycles. The van der Waals surface area contributed by atoms with Gasteiger partial charge in [-0.25, -0.2) is 4.79 Å². The van der Waals surface area contributed by atoms with Gasteiger partial charge in [0.2, 0.25) is 0 Å². The number of nitrogens with zero attached hydrogens (tertiary/aromatic N) is 1. The quantitative estimate of drug-likeness (QED) is 0.653. The Morgan fingerprint density at radius 1 is 1.03 bits per heavy atom. The standard InChI is InChI=1S/C23H23NO7/c1-4-30-18-12-15(8-11-17(18)26)20-19(13(3)25)21(27)22(28)24(20)16-9-6-14(7-10-16)23(29)31-5-2/h6-12,20,26-27H,4-5H2,1-3H3/t20-/m1/s1. The van der Waals surface area contributed by atoms with Crippen molar-refractivity contribution in [3.05, 3.63) is 64.9 Å². The molecule has 8 heteroatoms. The van der Waals surface area contributed by atoms with Crippen LogP contribution in [0.3, 0.4) is 0 Å². The molecule has 0 fully saturated rings. The normalized spacial score (nSPS) is 15.9. The number of aromatic hydroxyl groups is 1. The largest absolute Gasteiger partial charge is 0.504 e. The van der Waals surface area contributed by atoms with Crippen molar-refractivity contribution in [3.8, 4) is 11.5 Å². The van der Waals surface area contributed by atoms with Gasteiger partial charge in [0.15, 0.2) is 23.0 Å².